The summed E-state index contributed by atoms with van der Waals surface area (Å²) in [6.07, 6.45) is 10.0. The summed E-state index contributed by atoms with van der Waals surface area (Å²) < 4.78 is 0. The quantitative estimate of drug-likeness (QED) is 0.142. The van der Waals surface area contributed by atoms with Crippen LogP contribution in [0.4, 0.5) is 4.79 Å². The van der Waals surface area contributed by atoms with E-state index in [0.717, 1.165) is 51.4 Å². The van der Waals surface area contributed by atoms with Crippen LogP contribution in [0.5, 0.6) is 0 Å². The van der Waals surface area contributed by atoms with Crippen molar-refractivity contribution in [2.45, 2.75) is 136 Å². The van der Waals surface area contributed by atoms with E-state index in [1.165, 1.54) is 6.08 Å². The molecule has 4 fully saturated rings. The number of ketones is 1. The van der Waals surface area contributed by atoms with Crippen LogP contribution in [-0.4, -0.2) is 95.6 Å². The van der Waals surface area contributed by atoms with Gasteiger partial charge in [0.25, 0.3) is 5.91 Å². The van der Waals surface area contributed by atoms with Crippen LogP contribution in [0.2, 0.25) is 0 Å². The van der Waals surface area contributed by atoms with Crippen molar-refractivity contribution in [3.05, 3.63) is 12.7 Å². The molecule has 12 heteroatoms. The molecule has 6 amide bonds. The second-order valence-corrected chi connectivity index (χ2v) is 16.4. The molecule has 50 heavy (non-hydrogen) atoms. The van der Waals surface area contributed by atoms with Crippen LogP contribution in [0.1, 0.15) is 112 Å². The molecule has 0 spiro atoms. The molecule has 2 heterocycles. The van der Waals surface area contributed by atoms with Crippen LogP contribution in [-0.2, 0) is 24.0 Å². The normalized spacial score (nSPS) is 25.5. The van der Waals surface area contributed by atoms with Gasteiger partial charge >= 0.3 is 6.03 Å². The van der Waals surface area contributed by atoms with E-state index in [0.29, 0.717) is 38.9 Å². The van der Waals surface area contributed by atoms with E-state index in [1.807, 2.05) is 25.7 Å². The summed E-state index contributed by atoms with van der Waals surface area (Å²) in [5.41, 5.74) is -0.691. The minimum absolute atomic E-state index is 0.0538. The first-order valence-corrected chi connectivity index (χ1v) is 19.0. The number of amides is 6. The fourth-order valence-electron chi connectivity index (χ4n) is 8.56. The van der Waals surface area contributed by atoms with Gasteiger partial charge in [-0.05, 0) is 60.7 Å². The van der Waals surface area contributed by atoms with E-state index in [4.69, 9.17) is 0 Å². The van der Waals surface area contributed by atoms with Gasteiger partial charge in [-0.2, -0.15) is 0 Å². The standard InChI is InChI=1S/C38H62N6O6/c1-8-10-16-26(31(46)34(48)39-20-9-2)40-33(47)30-29-25(37(29,5)6)22-44(30)35(49)32(38(7)18-13-11-14-19-38)42-36(50)41-27(24(3)4)23-43-21-15-12-17-28(43)45/h9,24-27,29-30,32H,2,8,10-23H2,1,3-7H3,(H,39,48)(H,40,47)(H2,41,42,50)/t25-,26?,27+,29-,30-,32+/m0/s1. The first kappa shape index (κ1) is 39.3. The minimum Gasteiger partial charge on any atom is -0.346 e. The molecule has 12 nitrogen and oxygen atoms in total. The highest BCUT2D eigenvalue weighted by atomic mass is 16.2. The molecule has 2 saturated carbocycles. The van der Waals surface area contributed by atoms with E-state index >= 15 is 0 Å². The maximum atomic E-state index is 14.8. The Balaban J connectivity index is 1.56. The fourth-order valence-corrected chi connectivity index (χ4v) is 8.56. The number of likely N-dealkylation sites (tertiary alicyclic amines) is 2. The van der Waals surface area contributed by atoms with Crippen molar-refractivity contribution in [3.63, 3.8) is 0 Å². The predicted molar refractivity (Wildman–Crippen MR) is 192 cm³/mol. The molecule has 0 radical (unpaired) electrons. The number of urea groups is 1. The van der Waals surface area contributed by atoms with Gasteiger partial charge in [0.15, 0.2) is 0 Å². The van der Waals surface area contributed by atoms with Gasteiger partial charge < -0.3 is 31.1 Å². The van der Waals surface area contributed by atoms with E-state index in [1.54, 1.807) is 4.90 Å². The molecule has 2 saturated heterocycles. The zero-order valence-corrected chi connectivity index (χ0v) is 31.3. The number of rotatable bonds is 16. The van der Waals surface area contributed by atoms with Crippen molar-refractivity contribution in [2.24, 2.45) is 28.6 Å². The second-order valence-electron chi connectivity index (χ2n) is 16.4. The van der Waals surface area contributed by atoms with Crippen LogP contribution in [0.3, 0.4) is 0 Å². The highest BCUT2D eigenvalue weighted by Gasteiger charge is 2.70. The Kier molecular flexibility index (Phi) is 13.2. The van der Waals surface area contributed by atoms with Crippen LogP contribution in [0, 0.1) is 28.6 Å². The van der Waals surface area contributed by atoms with E-state index in [2.05, 4.69) is 48.6 Å². The third-order valence-corrected chi connectivity index (χ3v) is 12.0. The summed E-state index contributed by atoms with van der Waals surface area (Å²) in [7, 11) is 0. The van der Waals surface area contributed by atoms with E-state index in [9.17, 15) is 28.8 Å². The molecular weight excluding hydrogens is 636 g/mol. The first-order valence-electron chi connectivity index (χ1n) is 19.0. The number of nitrogens with zero attached hydrogens (tertiary/aromatic N) is 2. The Morgan fingerprint density at radius 3 is 2.30 bits per heavy atom. The average Bonchev–Trinajstić information content (AvgIpc) is 3.38. The molecule has 0 aromatic carbocycles. The van der Waals surface area contributed by atoms with Gasteiger partial charge in [0, 0.05) is 32.6 Å². The number of piperidine rings is 2. The lowest BCUT2D eigenvalue weighted by atomic mass is 9.70. The summed E-state index contributed by atoms with van der Waals surface area (Å²) >= 11 is 0. The molecule has 2 aliphatic carbocycles. The zero-order valence-electron chi connectivity index (χ0n) is 31.3. The van der Waals surface area contributed by atoms with Gasteiger partial charge in [-0.1, -0.05) is 79.7 Å². The number of Topliss-reactive ketones (excluding diaryl/α,β-unsaturated/α-hetero) is 1. The van der Waals surface area contributed by atoms with Gasteiger partial charge in [-0.25, -0.2) is 4.79 Å². The summed E-state index contributed by atoms with van der Waals surface area (Å²) in [5, 5.41) is 11.6. The number of hydrogen-bond donors (Lipinski definition) is 4. The molecule has 6 atom stereocenters. The number of unbranched alkanes of at least 4 members (excludes halogenated alkanes) is 1. The molecule has 4 N–H and O–H groups in total. The Morgan fingerprint density at radius 2 is 1.68 bits per heavy atom. The maximum absolute atomic E-state index is 14.8. The third kappa shape index (κ3) is 8.88. The molecule has 2 aliphatic heterocycles. The Bertz CT molecular complexity index is 1290. The van der Waals surface area contributed by atoms with Crippen molar-refractivity contribution in [1.29, 1.82) is 0 Å². The third-order valence-electron chi connectivity index (χ3n) is 12.0. The van der Waals surface area contributed by atoms with Crippen LogP contribution in [0.25, 0.3) is 0 Å². The Morgan fingerprint density at radius 1 is 0.980 bits per heavy atom. The van der Waals surface area contributed by atoms with Gasteiger partial charge in [0.1, 0.15) is 12.1 Å². The van der Waals surface area contributed by atoms with E-state index < -0.39 is 47.2 Å². The summed E-state index contributed by atoms with van der Waals surface area (Å²) in [6, 6.07) is -3.47. The molecular formula is C38H62N6O6. The lowest BCUT2D eigenvalue weighted by Crippen LogP contribution is -2.63. The second kappa shape index (κ2) is 16.7. The van der Waals surface area contributed by atoms with Crippen molar-refractivity contribution in [2.75, 3.05) is 26.2 Å². The maximum Gasteiger partial charge on any atom is 0.315 e. The zero-order chi connectivity index (χ0) is 36.8. The van der Waals surface area contributed by atoms with Crippen molar-refractivity contribution < 1.29 is 28.8 Å². The van der Waals surface area contributed by atoms with Crippen LogP contribution < -0.4 is 21.3 Å². The number of nitrogens with one attached hydrogen (secondary N) is 4. The number of carbonyl (C=O) groups excluding carboxylic acids is 6. The van der Waals surface area contributed by atoms with Crippen molar-refractivity contribution >= 4 is 35.4 Å². The van der Waals surface area contributed by atoms with Gasteiger partial charge in [-0.15, -0.1) is 6.58 Å². The predicted octanol–water partition coefficient (Wildman–Crippen LogP) is 3.69. The largest absolute Gasteiger partial charge is 0.346 e. The van der Waals surface area contributed by atoms with Crippen LogP contribution >= 0.6 is 0 Å². The molecule has 4 rings (SSSR count). The fraction of sp³-hybridized carbons (Fsp3) is 0.789. The average molecular weight is 699 g/mol. The van der Waals surface area contributed by atoms with Gasteiger partial charge in [0.05, 0.1) is 12.1 Å². The van der Waals surface area contributed by atoms with E-state index in [-0.39, 0.29) is 47.6 Å². The van der Waals surface area contributed by atoms with Crippen molar-refractivity contribution in [3.8, 4) is 0 Å². The Hall–Kier alpha value is -3.44. The summed E-state index contributed by atoms with van der Waals surface area (Å²) in [5.74, 6) is -2.08. The number of carbonyl (C=O) groups is 6. The summed E-state index contributed by atoms with van der Waals surface area (Å²) in [6.45, 7) is 17.4. The lowest BCUT2D eigenvalue weighted by Gasteiger charge is -2.43. The summed E-state index contributed by atoms with van der Waals surface area (Å²) in [4.78, 5) is 84.6. The highest BCUT2D eigenvalue weighted by molar-refractivity contribution is 6.38. The molecule has 4 aliphatic rings. The number of fused-ring (bicyclic) bond motifs is 1. The van der Waals surface area contributed by atoms with Crippen molar-refractivity contribution in [1.82, 2.24) is 31.1 Å². The Labute approximate surface area is 298 Å². The van der Waals surface area contributed by atoms with Gasteiger partial charge in [-0.3, -0.25) is 24.0 Å². The lowest BCUT2D eigenvalue weighted by molar-refractivity contribution is -0.146. The minimum atomic E-state index is -1.01. The molecule has 1 unspecified atom stereocenters. The highest BCUT2D eigenvalue weighted by Crippen LogP contribution is 2.65. The topological polar surface area (TPSA) is 157 Å². The molecule has 0 aromatic rings. The molecule has 280 valence electrons. The first-order chi connectivity index (χ1) is 23.7. The smallest absolute Gasteiger partial charge is 0.315 e. The monoisotopic (exact) mass is 698 g/mol. The molecule has 0 aromatic heterocycles. The van der Waals surface area contributed by atoms with Crippen LogP contribution in [0.15, 0.2) is 12.7 Å². The SMILES string of the molecule is C=CCNC(=O)C(=O)C(CCCC)NC(=O)[C@@H]1[C@@H]2[C@H](CN1C(=O)[C@@H](NC(=O)N[C@H](CN1CCCCC1=O)C(C)C)C1(C)CCCCC1)C2(C)C. The number of hydrogen-bond acceptors (Lipinski definition) is 6. The van der Waals surface area contributed by atoms with Gasteiger partial charge in [0.2, 0.25) is 23.5 Å². The molecule has 0 bridgehead atoms.